The summed E-state index contributed by atoms with van der Waals surface area (Å²) in [5, 5.41) is 0. The molecule has 0 amide bonds. The van der Waals surface area contributed by atoms with Crippen molar-refractivity contribution in [2.24, 2.45) is 0 Å². The van der Waals surface area contributed by atoms with Gasteiger partial charge in [-0.15, -0.1) is 0 Å². The zero-order valence-electron chi connectivity index (χ0n) is 14.8. The molecule has 1 atom stereocenters. The second kappa shape index (κ2) is 6.60. The van der Waals surface area contributed by atoms with E-state index in [0.29, 0.717) is 12.2 Å². The third-order valence-corrected chi connectivity index (χ3v) is 4.84. The third-order valence-electron chi connectivity index (χ3n) is 4.84. The fraction of sp³-hybridized carbons (Fsp3) is 0.333. The molecule has 0 radical (unpaired) electrons. The van der Waals surface area contributed by atoms with Crippen LogP contribution in [0.3, 0.4) is 0 Å². The van der Waals surface area contributed by atoms with Crippen molar-refractivity contribution in [1.29, 1.82) is 0 Å². The van der Waals surface area contributed by atoms with Crippen molar-refractivity contribution in [1.82, 2.24) is 9.55 Å². The average Bonchev–Trinajstić information content (AvgIpc) is 2.59. The van der Waals surface area contributed by atoms with Gasteiger partial charge in [-0.1, -0.05) is 37.3 Å². The predicted molar refractivity (Wildman–Crippen MR) is 99.7 cm³/mol. The van der Waals surface area contributed by atoms with Gasteiger partial charge in [-0.3, -0.25) is 4.79 Å². The van der Waals surface area contributed by atoms with Gasteiger partial charge in [0.15, 0.2) is 0 Å². The van der Waals surface area contributed by atoms with E-state index < -0.39 is 0 Å². The van der Waals surface area contributed by atoms with Gasteiger partial charge in [0, 0.05) is 12.5 Å². The zero-order valence-corrected chi connectivity index (χ0v) is 14.8. The first kappa shape index (κ1) is 16.4. The molecule has 3 rings (SSSR count). The Morgan fingerprint density at radius 1 is 1.04 bits per heavy atom. The van der Waals surface area contributed by atoms with Gasteiger partial charge in [-0.25, -0.2) is 4.98 Å². The Hall–Kier alpha value is -2.42. The molecule has 0 N–H and O–H groups in total. The van der Waals surface area contributed by atoms with Crippen molar-refractivity contribution in [3.05, 3.63) is 75.2 Å². The summed E-state index contributed by atoms with van der Waals surface area (Å²) in [5.41, 5.74) is 6.06. The van der Waals surface area contributed by atoms with Crippen LogP contribution < -0.4 is 5.56 Å². The Kier molecular flexibility index (Phi) is 4.52. The van der Waals surface area contributed by atoms with E-state index in [1.54, 1.807) is 0 Å². The third kappa shape index (κ3) is 2.75. The van der Waals surface area contributed by atoms with Crippen LogP contribution in [0.15, 0.2) is 47.3 Å². The smallest absolute Gasteiger partial charge is 0.273 e. The number of fused-ring (bicyclic) bond motifs is 1. The first-order chi connectivity index (χ1) is 11.6. The van der Waals surface area contributed by atoms with Crippen molar-refractivity contribution < 1.29 is 0 Å². The quantitative estimate of drug-likeness (QED) is 0.705. The highest BCUT2D eigenvalue weighted by Gasteiger charge is 2.20. The highest BCUT2D eigenvalue weighted by atomic mass is 16.1. The molecule has 24 heavy (non-hydrogen) atoms. The Morgan fingerprint density at radius 3 is 2.33 bits per heavy atom. The van der Waals surface area contributed by atoms with E-state index in [4.69, 9.17) is 4.98 Å². The normalized spacial score (nSPS) is 12.5. The minimum atomic E-state index is 0.0301. The molecule has 0 saturated carbocycles. The largest absolute Gasteiger partial charge is 0.305 e. The summed E-state index contributed by atoms with van der Waals surface area (Å²) in [7, 11) is 0. The molecule has 3 heteroatoms. The number of aromatic nitrogens is 2. The summed E-state index contributed by atoms with van der Waals surface area (Å²) < 4.78 is 1.86. The van der Waals surface area contributed by atoms with Gasteiger partial charge in [0.05, 0.1) is 11.0 Å². The lowest BCUT2D eigenvalue weighted by Crippen LogP contribution is -2.27. The Morgan fingerprint density at radius 2 is 1.71 bits per heavy atom. The van der Waals surface area contributed by atoms with E-state index in [0.717, 1.165) is 23.0 Å². The van der Waals surface area contributed by atoms with E-state index in [9.17, 15) is 4.79 Å². The van der Waals surface area contributed by atoms with Crippen LogP contribution >= 0.6 is 0 Å². The minimum Gasteiger partial charge on any atom is -0.305 e. The molecule has 3 nitrogen and oxygen atoms in total. The molecule has 0 bridgehead atoms. The van der Waals surface area contributed by atoms with Gasteiger partial charge < -0.3 is 4.57 Å². The molecule has 0 fully saturated rings. The van der Waals surface area contributed by atoms with E-state index in [1.807, 2.05) is 29.7 Å². The van der Waals surface area contributed by atoms with E-state index >= 15 is 0 Å². The zero-order chi connectivity index (χ0) is 17.3. The molecule has 0 spiro atoms. The lowest BCUT2D eigenvalue weighted by Gasteiger charge is -2.18. The SMILES string of the molecule is CCC(c1ccccc1)c1nc2cc(C)c(C)cc2n(CC)c1=O. The summed E-state index contributed by atoms with van der Waals surface area (Å²) in [6, 6.07) is 14.4. The molecule has 0 saturated heterocycles. The number of hydrogen-bond donors (Lipinski definition) is 0. The topological polar surface area (TPSA) is 34.9 Å². The summed E-state index contributed by atoms with van der Waals surface area (Å²) in [6.07, 6.45) is 0.853. The number of rotatable bonds is 4. The van der Waals surface area contributed by atoms with Crippen LogP contribution in [0.2, 0.25) is 0 Å². The van der Waals surface area contributed by atoms with Crippen molar-refractivity contribution in [3.8, 4) is 0 Å². The molecule has 0 aliphatic heterocycles. The standard InChI is InChI=1S/C21H24N2O/c1-5-17(16-10-8-7-9-11-16)20-21(24)23(6-2)19-13-15(4)14(3)12-18(19)22-20/h7-13,17H,5-6H2,1-4H3. The second-order valence-electron chi connectivity index (χ2n) is 6.34. The van der Waals surface area contributed by atoms with Crippen LogP contribution in [0.1, 0.15) is 48.6 Å². The molecule has 124 valence electrons. The van der Waals surface area contributed by atoms with Crippen molar-refractivity contribution in [2.75, 3.05) is 0 Å². The number of hydrogen-bond acceptors (Lipinski definition) is 2. The molecule has 2 aromatic carbocycles. The van der Waals surface area contributed by atoms with Gasteiger partial charge >= 0.3 is 0 Å². The Balaban J connectivity index is 2.30. The van der Waals surface area contributed by atoms with Crippen LogP contribution in [0.5, 0.6) is 0 Å². The molecule has 3 aromatic rings. The van der Waals surface area contributed by atoms with Crippen LogP contribution in [0.25, 0.3) is 11.0 Å². The Bertz CT molecular complexity index is 926. The first-order valence-corrected chi connectivity index (χ1v) is 8.63. The maximum atomic E-state index is 13.1. The van der Waals surface area contributed by atoms with Gasteiger partial charge in [0.2, 0.25) is 0 Å². The van der Waals surface area contributed by atoms with Crippen LogP contribution in [0, 0.1) is 13.8 Å². The second-order valence-corrected chi connectivity index (χ2v) is 6.34. The summed E-state index contributed by atoms with van der Waals surface area (Å²) in [4.78, 5) is 17.9. The molecule has 1 aromatic heterocycles. The van der Waals surface area contributed by atoms with Crippen molar-refractivity contribution in [2.45, 2.75) is 46.6 Å². The molecule has 1 unspecified atom stereocenters. The first-order valence-electron chi connectivity index (χ1n) is 8.63. The number of aryl methyl sites for hydroxylation is 3. The number of benzene rings is 2. The predicted octanol–water partition coefficient (Wildman–Crippen LogP) is 4.58. The molecule has 1 heterocycles. The summed E-state index contributed by atoms with van der Waals surface area (Å²) in [5.74, 6) is 0.0301. The van der Waals surface area contributed by atoms with E-state index in [1.165, 1.54) is 11.1 Å². The minimum absolute atomic E-state index is 0.0301. The van der Waals surface area contributed by atoms with Crippen LogP contribution in [0.4, 0.5) is 0 Å². The number of nitrogens with zero attached hydrogens (tertiary/aromatic N) is 2. The van der Waals surface area contributed by atoms with E-state index in [2.05, 4.69) is 45.0 Å². The highest BCUT2D eigenvalue weighted by Crippen LogP contribution is 2.26. The van der Waals surface area contributed by atoms with Crippen LogP contribution in [-0.4, -0.2) is 9.55 Å². The average molecular weight is 320 g/mol. The van der Waals surface area contributed by atoms with E-state index in [-0.39, 0.29) is 11.5 Å². The monoisotopic (exact) mass is 320 g/mol. The van der Waals surface area contributed by atoms with Crippen molar-refractivity contribution in [3.63, 3.8) is 0 Å². The molecular formula is C21H24N2O. The van der Waals surface area contributed by atoms with Crippen LogP contribution in [-0.2, 0) is 6.54 Å². The maximum Gasteiger partial charge on any atom is 0.273 e. The van der Waals surface area contributed by atoms with Gasteiger partial charge in [-0.05, 0) is 56.0 Å². The Labute approximate surface area is 143 Å². The maximum absolute atomic E-state index is 13.1. The molecule has 0 aliphatic carbocycles. The lowest BCUT2D eigenvalue weighted by atomic mass is 9.93. The summed E-state index contributed by atoms with van der Waals surface area (Å²) >= 11 is 0. The molecule has 0 aliphatic rings. The highest BCUT2D eigenvalue weighted by molar-refractivity contribution is 5.77. The van der Waals surface area contributed by atoms with Gasteiger partial charge in [-0.2, -0.15) is 0 Å². The summed E-state index contributed by atoms with van der Waals surface area (Å²) in [6.45, 7) is 8.94. The molecular weight excluding hydrogens is 296 g/mol. The lowest BCUT2D eigenvalue weighted by molar-refractivity contribution is 0.686. The fourth-order valence-electron chi connectivity index (χ4n) is 3.33. The van der Waals surface area contributed by atoms with Crippen molar-refractivity contribution >= 4 is 11.0 Å². The van der Waals surface area contributed by atoms with Gasteiger partial charge in [0.1, 0.15) is 5.69 Å². The fourth-order valence-corrected chi connectivity index (χ4v) is 3.33. The van der Waals surface area contributed by atoms with Gasteiger partial charge in [0.25, 0.3) is 5.56 Å².